The summed E-state index contributed by atoms with van der Waals surface area (Å²) >= 11 is 6.11. The van der Waals surface area contributed by atoms with Crippen molar-refractivity contribution in [2.75, 3.05) is 11.9 Å². The van der Waals surface area contributed by atoms with E-state index < -0.39 is 5.41 Å². The van der Waals surface area contributed by atoms with Crippen molar-refractivity contribution in [3.63, 3.8) is 0 Å². The molecule has 2 aromatic carbocycles. The smallest absolute Gasteiger partial charge is 0.235 e. The molecule has 31 heavy (non-hydrogen) atoms. The van der Waals surface area contributed by atoms with E-state index in [9.17, 15) is 4.79 Å². The summed E-state index contributed by atoms with van der Waals surface area (Å²) in [7, 11) is 0. The fraction of sp³-hybridized carbons (Fsp3) is 0.385. The number of benzene rings is 2. The van der Waals surface area contributed by atoms with E-state index in [4.69, 9.17) is 16.3 Å². The van der Waals surface area contributed by atoms with E-state index in [0.29, 0.717) is 17.5 Å². The first-order chi connectivity index (χ1) is 15.0. The predicted molar refractivity (Wildman–Crippen MR) is 127 cm³/mol. The molecule has 0 atom stereocenters. The average Bonchev–Trinajstić information content (AvgIpc) is 2.79. The molecule has 1 saturated carbocycles. The second-order valence-electron chi connectivity index (χ2n) is 8.82. The predicted octanol–water partition coefficient (Wildman–Crippen LogP) is 6.76. The van der Waals surface area contributed by atoms with Crippen LogP contribution in [0.15, 0.2) is 54.7 Å². The largest absolute Gasteiger partial charge is 0.491 e. The lowest BCUT2D eigenvalue weighted by atomic mass is 9.68. The molecule has 4 nitrogen and oxygen atoms in total. The van der Waals surface area contributed by atoms with Crippen LogP contribution >= 0.6 is 11.6 Å². The number of pyridine rings is 1. The summed E-state index contributed by atoms with van der Waals surface area (Å²) in [5.74, 6) is 1.20. The Labute approximate surface area is 189 Å². The zero-order valence-electron chi connectivity index (χ0n) is 18.2. The third kappa shape index (κ3) is 4.54. The van der Waals surface area contributed by atoms with Gasteiger partial charge in [-0.3, -0.25) is 9.78 Å². The van der Waals surface area contributed by atoms with Crippen molar-refractivity contribution < 1.29 is 9.53 Å². The van der Waals surface area contributed by atoms with Crippen LogP contribution in [0.4, 0.5) is 5.69 Å². The van der Waals surface area contributed by atoms with Crippen LogP contribution in [-0.2, 0) is 10.2 Å². The van der Waals surface area contributed by atoms with E-state index in [1.807, 2.05) is 48.5 Å². The number of carbonyl (C=O) groups is 1. The number of halogens is 1. The second-order valence-corrected chi connectivity index (χ2v) is 9.26. The fourth-order valence-corrected chi connectivity index (χ4v) is 4.57. The van der Waals surface area contributed by atoms with Crippen LogP contribution in [0.1, 0.15) is 51.5 Å². The van der Waals surface area contributed by atoms with Gasteiger partial charge in [-0.05, 0) is 60.7 Å². The number of hydrogen-bond acceptors (Lipinski definition) is 3. The first-order valence-corrected chi connectivity index (χ1v) is 11.5. The summed E-state index contributed by atoms with van der Waals surface area (Å²) in [4.78, 5) is 18.3. The molecule has 0 spiro atoms. The van der Waals surface area contributed by atoms with E-state index in [1.54, 1.807) is 6.20 Å². The van der Waals surface area contributed by atoms with Crippen molar-refractivity contribution >= 4 is 34.1 Å². The number of aromatic nitrogens is 1. The van der Waals surface area contributed by atoms with Crippen molar-refractivity contribution in [3.8, 4) is 5.75 Å². The Kier molecular flexibility index (Phi) is 6.47. The summed E-state index contributed by atoms with van der Waals surface area (Å²) in [6, 6.07) is 15.4. The summed E-state index contributed by atoms with van der Waals surface area (Å²) in [6.07, 6.45) is 6.68. The highest BCUT2D eigenvalue weighted by atomic mass is 35.5. The molecule has 5 heteroatoms. The number of fused-ring (bicyclic) bond motifs is 1. The quantitative estimate of drug-likeness (QED) is 0.464. The van der Waals surface area contributed by atoms with Crippen LogP contribution in [0.5, 0.6) is 5.75 Å². The lowest BCUT2D eigenvalue weighted by Gasteiger charge is -2.36. The first kappa shape index (κ1) is 21.6. The zero-order valence-corrected chi connectivity index (χ0v) is 18.9. The van der Waals surface area contributed by atoms with Gasteiger partial charge in [-0.1, -0.05) is 56.8 Å². The van der Waals surface area contributed by atoms with Gasteiger partial charge in [-0.2, -0.15) is 0 Å². The van der Waals surface area contributed by atoms with Gasteiger partial charge in [-0.25, -0.2) is 0 Å². The van der Waals surface area contributed by atoms with Crippen molar-refractivity contribution in [1.29, 1.82) is 0 Å². The number of anilines is 1. The summed E-state index contributed by atoms with van der Waals surface area (Å²) in [6.45, 7) is 4.85. The Balaban J connectivity index is 1.68. The maximum Gasteiger partial charge on any atom is 0.235 e. The van der Waals surface area contributed by atoms with Crippen LogP contribution in [-0.4, -0.2) is 17.5 Å². The molecule has 0 aliphatic heterocycles. The number of hydrogen-bond donors (Lipinski definition) is 1. The summed E-state index contributed by atoms with van der Waals surface area (Å²) < 4.78 is 5.97. The minimum atomic E-state index is -0.538. The van der Waals surface area contributed by atoms with Gasteiger partial charge in [0, 0.05) is 16.6 Å². The Morgan fingerprint density at radius 3 is 2.55 bits per heavy atom. The van der Waals surface area contributed by atoms with Crippen LogP contribution in [0.3, 0.4) is 0 Å². The van der Waals surface area contributed by atoms with Crippen LogP contribution < -0.4 is 10.1 Å². The van der Waals surface area contributed by atoms with Gasteiger partial charge in [-0.15, -0.1) is 0 Å². The molecule has 0 unspecified atom stereocenters. The number of rotatable bonds is 6. The van der Waals surface area contributed by atoms with Crippen LogP contribution in [0, 0.1) is 5.92 Å². The van der Waals surface area contributed by atoms with E-state index in [-0.39, 0.29) is 5.91 Å². The minimum absolute atomic E-state index is 0.0375. The molecule has 1 aromatic heterocycles. The number of amides is 1. The normalized spacial score (nSPS) is 15.7. The topological polar surface area (TPSA) is 51.2 Å². The monoisotopic (exact) mass is 436 g/mol. The highest BCUT2D eigenvalue weighted by molar-refractivity contribution is 6.30. The van der Waals surface area contributed by atoms with Crippen LogP contribution in [0.25, 0.3) is 10.9 Å². The van der Waals surface area contributed by atoms with Crippen LogP contribution in [0.2, 0.25) is 5.02 Å². The van der Waals surface area contributed by atoms with E-state index in [0.717, 1.165) is 60.0 Å². The fourth-order valence-electron chi connectivity index (χ4n) is 4.44. The minimum Gasteiger partial charge on any atom is -0.491 e. The molecule has 3 aromatic rings. The van der Waals surface area contributed by atoms with Gasteiger partial charge < -0.3 is 10.1 Å². The average molecular weight is 437 g/mol. The standard InChI is InChI=1S/C26H29ClN2O2/c1-18(2)17-31-23-13-12-22(21-7-6-16-28-24(21)23)29-25(30)26(14-4-3-5-15-26)19-8-10-20(27)11-9-19/h6-13,16,18H,3-5,14-15,17H2,1-2H3,(H,29,30). The Bertz CT molecular complexity index is 1060. The molecular weight excluding hydrogens is 408 g/mol. The van der Waals surface area contributed by atoms with Gasteiger partial charge >= 0.3 is 0 Å². The van der Waals surface area contributed by atoms with Gasteiger partial charge in [0.05, 0.1) is 17.7 Å². The third-order valence-electron chi connectivity index (χ3n) is 6.09. The van der Waals surface area contributed by atoms with E-state index >= 15 is 0 Å². The summed E-state index contributed by atoms with van der Waals surface area (Å²) in [5, 5.41) is 4.81. The van der Waals surface area contributed by atoms with Gasteiger partial charge in [0.1, 0.15) is 11.3 Å². The lowest BCUT2D eigenvalue weighted by molar-refractivity contribution is -0.122. The zero-order chi connectivity index (χ0) is 21.8. The molecule has 162 valence electrons. The molecular formula is C26H29ClN2O2. The highest BCUT2D eigenvalue weighted by Gasteiger charge is 2.41. The SMILES string of the molecule is CC(C)COc1ccc(NC(=O)C2(c3ccc(Cl)cc3)CCCCC2)c2cccnc12. The van der Waals surface area contributed by atoms with Crippen molar-refractivity contribution in [2.45, 2.75) is 51.4 Å². The molecule has 0 bridgehead atoms. The number of nitrogens with one attached hydrogen (secondary N) is 1. The highest BCUT2D eigenvalue weighted by Crippen LogP contribution is 2.41. The third-order valence-corrected chi connectivity index (χ3v) is 6.34. The van der Waals surface area contributed by atoms with Gasteiger partial charge in [0.25, 0.3) is 0 Å². The molecule has 0 radical (unpaired) electrons. The molecule has 1 aliphatic rings. The van der Waals surface area contributed by atoms with Crippen molar-refractivity contribution in [2.24, 2.45) is 5.92 Å². The Hall–Kier alpha value is -2.59. The second kappa shape index (κ2) is 9.27. The molecule has 1 heterocycles. The van der Waals surface area contributed by atoms with Gasteiger partial charge in [0.15, 0.2) is 0 Å². The number of nitrogens with zero attached hydrogens (tertiary/aromatic N) is 1. The molecule has 1 N–H and O–H groups in total. The summed E-state index contributed by atoms with van der Waals surface area (Å²) in [5.41, 5.74) is 2.03. The lowest BCUT2D eigenvalue weighted by Crippen LogP contribution is -2.42. The number of carbonyl (C=O) groups excluding carboxylic acids is 1. The molecule has 4 rings (SSSR count). The Morgan fingerprint density at radius 2 is 1.84 bits per heavy atom. The van der Waals surface area contributed by atoms with E-state index in [2.05, 4.69) is 24.1 Å². The van der Waals surface area contributed by atoms with E-state index in [1.165, 1.54) is 0 Å². The number of ether oxygens (including phenoxy) is 1. The molecule has 1 fully saturated rings. The molecule has 1 aliphatic carbocycles. The molecule has 0 saturated heterocycles. The Morgan fingerprint density at radius 1 is 1.10 bits per heavy atom. The maximum atomic E-state index is 13.7. The van der Waals surface area contributed by atoms with Gasteiger partial charge in [0.2, 0.25) is 5.91 Å². The maximum absolute atomic E-state index is 13.7. The first-order valence-electron chi connectivity index (χ1n) is 11.1. The van der Waals surface area contributed by atoms with Crippen molar-refractivity contribution in [3.05, 3.63) is 65.3 Å². The van der Waals surface area contributed by atoms with Crippen molar-refractivity contribution in [1.82, 2.24) is 4.98 Å². The molecule has 1 amide bonds.